The average molecular weight is 300 g/mol. The fraction of sp³-hybridized carbons (Fsp3) is 0.167. The molecule has 1 aromatic heterocycles. The van der Waals surface area contributed by atoms with Crippen LogP contribution in [0.5, 0.6) is 0 Å². The average Bonchev–Trinajstić information content (AvgIpc) is 2.78. The number of benzene rings is 1. The van der Waals surface area contributed by atoms with Gasteiger partial charge in [0.25, 0.3) is 0 Å². The Kier molecular flexibility index (Phi) is 4.34. The number of nitrogens with zero attached hydrogens (tertiary/aromatic N) is 1. The highest BCUT2D eigenvalue weighted by Crippen LogP contribution is 2.21. The molecule has 7 heteroatoms. The number of hydrogen-bond acceptors (Lipinski definition) is 3. The van der Waals surface area contributed by atoms with E-state index in [0.717, 1.165) is 9.88 Å². The molecule has 0 aliphatic rings. The highest BCUT2D eigenvalue weighted by molar-refractivity contribution is 7.11. The van der Waals surface area contributed by atoms with Crippen LogP contribution in [-0.4, -0.2) is 11.0 Å². The van der Waals surface area contributed by atoms with Crippen molar-refractivity contribution in [3.05, 3.63) is 45.1 Å². The molecule has 1 aromatic carbocycles. The normalized spacial score (nSPS) is 10.3. The first kappa shape index (κ1) is 13.8. The van der Waals surface area contributed by atoms with E-state index in [2.05, 4.69) is 15.6 Å². The number of carbonyl (C=O) groups excluding carboxylic acids is 1. The van der Waals surface area contributed by atoms with Crippen molar-refractivity contribution in [1.29, 1.82) is 0 Å². The molecule has 2 N–H and O–H groups in total. The Bertz CT molecular complexity index is 602. The maximum absolute atomic E-state index is 13.5. The number of amides is 2. The third-order valence-corrected chi connectivity index (χ3v) is 3.50. The lowest BCUT2D eigenvalue weighted by Crippen LogP contribution is -2.28. The summed E-state index contributed by atoms with van der Waals surface area (Å²) in [4.78, 5) is 16.6. The van der Waals surface area contributed by atoms with Crippen molar-refractivity contribution < 1.29 is 9.18 Å². The topological polar surface area (TPSA) is 54.0 Å². The summed E-state index contributed by atoms with van der Waals surface area (Å²) in [5.41, 5.74) is 0.0467. The van der Waals surface area contributed by atoms with Gasteiger partial charge in [0, 0.05) is 11.1 Å². The summed E-state index contributed by atoms with van der Waals surface area (Å²) in [5, 5.41) is 5.92. The summed E-state index contributed by atoms with van der Waals surface area (Å²) in [6, 6.07) is 3.93. The third kappa shape index (κ3) is 3.65. The summed E-state index contributed by atoms with van der Waals surface area (Å²) >= 11 is 7.11. The van der Waals surface area contributed by atoms with E-state index in [0.29, 0.717) is 6.54 Å². The second-order valence-electron chi connectivity index (χ2n) is 3.75. The molecule has 0 aliphatic carbocycles. The largest absolute Gasteiger partial charge is 0.333 e. The quantitative estimate of drug-likeness (QED) is 0.910. The number of nitrogens with one attached hydrogen (secondary N) is 2. The zero-order chi connectivity index (χ0) is 13.8. The lowest BCUT2D eigenvalue weighted by Gasteiger charge is -2.08. The number of thiazole rings is 1. The molecule has 2 amide bonds. The molecular weight excluding hydrogens is 289 g/mol. The van der Waals surface area contributed by atoms with Gasteiger partial charge in [-0.2, -0.15) is 0 Å². The zero-order valence-electron chi connectivity index (χ0n) is 10.0. The monoisotopic (exact) mass is 299 g/mol. The minimum Gasteiger partial charge on any atom is -0.333 e. The maximum Gasteiger partial charge on any atom is 0.319 e. The van der Waals surface area contributed by atoms with E-state index in [1.165, 1.54) is 23.5 Å². The van der Waals surface area contributed by atoms with Crippen molar-refractivity contribution in [2.75, 3.05) is 5.32 Å². The van der Waals surface area contributed by atoms with Crippen LogP contribution in [0.2, 0.25) is 5.02 Å². The number of aromatic nitrogens is 1. The van der Waals surface area contributed by atoms with Gasteiger partial charge in [-0.15, -0.1) is 11.3 Å². The van der Waals surface area contributed by atoms with E-state index < -0.39 is 11.8 Å². The summed E-state index contributed by atoms with van der Waals surface area (Å²) in [6.07, 6.45) is 1.69. The molecule has 19 heavy (non-hydrogen) atoms. The van der Waals surface area contributed by atoms with Gasteiger partial charge < -0.3 is 10.6 Å². The first-order valence-corrected chi connectivity index (χ1v) is 6.66. The van der Waals surface area contributed by atoms with Crippen molar-refractivity contribution in [3.8, 4) is 0 Å². The standard InChI is InChI=1S/C12H11ClFN3OS/c1-7-15-5-8(19-7)6-16-12(18)17-10-4-2-3-9(13)11(10)14/h2-5H,6H2,1H3,(H2,16,17,18). The van der Waals surface area contributed by atoms with Crippen molar-refractivity contribution in [2.24, 2.45) is 0 Å². The van der Waals surface area contributed by atoms with E-state index in [1.54, 1.807) is 12.3 Å². The van der Waals surface area contributed by atoms with Gasteiger partial charge >= 0.3 is 6.03 Å². The van der Waals surface area contributed by atoms with Crippen molar-refractivity contribution in [3.63, 3.8) is 0 Å². The van der Waals surface area contributed by atoms with Crippen LogP contribution in [-0.2, 0) is 6.54 Å². The van der Waals surface area contributed by atoms with Gasteiger partial charge in [0.05, 0.1) is 22.3 Å². The Labute approximate surface area is 118 Å². The van der Waals surface area contributed by atoms with Crippen LogP contribution >= 0.6 is 22.9 Å². The summed E-state index contributed by atoms with van der Waals surface area (Å²) in [5.74, 6) is -0.645. The molecule has 0 saturated carbocycles. The SMILES string of the molecule is Cc1ncc(CNC(=O)Nc2cccc(Cl)c2F)s1. The molecule has 100 valence electrons. The number of urea groups is 1. The predicted octanol–water partition coefficient (Wildman–Crippen LogP) is 3.57. The van der Waals surface area contributed by atoms with Crippen LogP contribution in [0.4, 0.5) is 14.9 Å². The van der Waals surface area contributed by atoms with Gasteiger partial charge in [0.2, 0.25) is 0 Å². The Morgan fingerprint density at radius 3 is 3.00 bits per heavy atom. The van der Waals surface area contributed by atoms with Crippen molar-refractivity contribution in [2.45, 2.75) is 13.5 Å². The molecule has 2 aromatic rings. The van der Waals surface area contributed by atoms with Crippen LogP contribution < -0.4 is 10.6 Å². The molecule has 0 fully saturated rings. The number of carbonyl (C=O) groups is 1. The van der Waals surface area contributed by atoms with Gasteiger partial charge in [-0.05, 0) is 19.1 Å². The number of aryl methyl sites for hydroxylation is 1. The summed E-state index contributed by atoms with van der Waals surface area (Å²) < 4.78 is 13.5. The second-order valence-corrected chi connectivity index (χ2v) is 5.48. The lowest BCUT2D eigenvalue weighted by molar-refractivity contribution is 0.251. The highest BCUT2D eigenvalue weighted by atomic mass is 35.5. The molecule has 0 spiro atoms. The zero-order valence-corrected chi connectivity index (χ0v) is 11.6. The minimum absolute atomic E-state index is 0.0316. The van der Waals surface area contributed by atoms with E-state index in [4.69, 9.17) is 11.6 Å². The predicted molar refractivity (Wildman–Crippen MR) is 74.1 cm³/mol. The molecule has 0 saturated heterocycles. The number of halogens is 2. The Hall–Kier alpha value is -1.66. The fourth-order valence-corrected chi connectivity index (χ4v) is 2.33. The lowest BCUT2D eigenvalue weighted by atomic mass is 10.3. The van der Waals surface area contributed by atoms with E-state index in [9.17, 15) is 9.18 Å². The first-order chi connectivity index (χ1) is 9.06. The number of hydrogen-bond donors (Lipinski definition) is 2. The van der Waals surface area contributed by atoms with Gasteiger partial charge in [0.15, 0.2) is 5.82 Å². The first-order valence-electron chi connectivity index (χ1n) is 5.46. The van der Waals surface area contributed by atoms with Crippen molar-refractivity contribution >= 4 is 34.7 Å². The Morgan fingerprint density at radius 2 is 2.32 bits per heavy atom. The highest BCUT2D eigenvalue weighted by Gasteiger charge is 2.09. The van der Waals surface area contributed by atoms with Crippen LogP contribution in [0, 0.1) is 12.7 Å². The number of rotatable bonds is 3. The Morgan fingerprint density at radius 1 is 1.53 bits per heavy atom. The molecule has 2 rings (SSSR count). The molecule has 0 aliphatic heterocycles. The maximum atomic E-state index is 13.5. The molecule has 4 nitrogen and oxygen atoms in total. The summed E-state index contributed by atoms with van der Waals surface area (Å²) in [7, 11) is 0. The molecule has 0 unspecified atom stereocenters. The van der Waals surface area contributed by atoms with Crippen molar-refractivity contribution in [1.82, 2.24) is 10.3 Å². The van der Waals surface area contributed by atoms with Gasteiger partial charge in [-0.3, -0.25) is 0 Å². The van der Waals surface area contributed by atoms with Gasteiger partial charge in [-0.1, -0.05) is 17.7 Å². The van der Waals surface area contributed by atoms with E-state index in [-0.39, 0.29) is 10.7 Å². The Balaban J connectivity index is 1.92. The van der Waals surface area contributed by atoms with Gasteiger partial charge in [0.1, 0.15) is 0 Å². The smallest absolute Gasteiger partial charge is 0.319 e. The molecule has 0 atom stereocenters. The van der Waals surface area contributed by atoms with E-state index in [1.807, 2.05) is 6.92 Å². The second kappa shape index (κ2) is 5.99. The van der Waals surface area contributed by atoms with Gasteiger partial charge in [-0.25, -0.2) is 14.2 Å². The third-order valence-electron chi connectivity index (χ3n) is 2.29. The van der Waals surface area contributed by atoms with Crippen LogP contribution in [0.15, 0.2) is 24.4 Å². The van der Waals surface area contributed by atoms with Crippen LogP contribution in [0.3, 0.4) is 0 Å². The minimum atomic E-state index is -0.645. The fourth-order valence-electron chi connectivity index (χ4n) is 1.42. The summed E-state index contributed by atoms with van der Waals surface area (Å²) in [6.45, 7) is 2.23. The van der Waals surface area contributed by atoms with Crippen LogP contribution in [0.25, 0.3) is 0 Å². The molecule has 0 radical (unpaired) electrons. The van der Waals surface area contributed by atoms with E-state index >= 15 is 0 Å². The number of anilines is 1. The van der Waals surface area contributed by atoms with Crippen LogP contribution in [0.1, 0.15) is 9.88 Å². The molecular formula is C12H11ClFN3OS. The molecule has 1 heterocycles. The molecule has 0 bridgehead atoms.